The van der Waals surface area contributed by atoms with Gasteiger partial charge in [0.05, 0.1) is 18.4 Å². The van der Waals surface area contributed by atoms with Crippen molar-refractivity contribution in [1.82, 2.24) is 24.3 Å². The van der Waals surface area contributed by atoms with E-state index < -0.39 is 10.0 Å². The Balaban J connectivity index is 2.14. The van der Waals surface area contributed by atoms with Crippen LogP contribution in [-0.2, 0) is 28.4 Å². The summed E-state index contributed by atoms with van der Waals surface area (Å²) < 4.78 is 26.8. The van der Waals surface area contributed by atoms with Gasteiger partial charge < -0.3 is 5.32 Å². The third-order valence-electron chi connectivity index (χ3n) is 3.82. The van der Waals surface area contributed by atoms with E-state index in [9.17, 15) is 13.2 Å². The van der Waals surface area contributed by atoms with Crippen LogP contribution < -0.4 is 5.32 Å². The Hall–Kier alpha value is -1.45. The highest BCUT2D eigenvalue weighted by Gasteiger charge is 2.31. The predicted molar refractivity (Wildman–Crippen MR) is 82.5 cm³/mol. The fraction of sp³-hybridized carbons (Fsp3) is 0.692. The van der Waals surface area contributed by atoms with Gasteiger partial charge in [-0.2, -0.15) is 5.10 Å². The van der Waals surface area contributed by atoms with Crippen molar-refractivity contribution in [2.45, 2.75) is 6.54 Å². The molecule has 0 unspecified atom stereocenters. The molecule has 0 aliphatic carbocycles. The molecular formula is C13H23N5O3S. The van der Waals surface area contributed by atoms with Gasteiger partial charge >= 0.3 is 0 Å². The molecule has 0 spiro atoms. The maximum Gasteiger partial charge on any atom is 0.225 e. The lowest BCUT2D eigenvalue weighted by Crippen LogP contribution is -2.41. The van der Waals surface area contributed by atoms with Crippen molar-refractivity contribution in [3.8, 4) is 0 Å². The number of hydrogen-bond donors (Lipinski definition) is 1. The average Bonchev–Trinajstić information content (AvgIpc) is 2.72. The zero-order valence-corrected chi connectivity index (χ0v) is 14.0. The van der Waals surface area contributed by atoms with Crippen molar-refractivity contribution in [2.75, 3.05) is 39.5 Å². The second kappa shape index (κ2) is 6.76. The van der Waals surface area contributed by atoms with Crippen molar-refractivity contribution in [3.63, 3.8) is 0 Å². The molecule has 1 fully saturated rings. The monoisotopic (exact) mass is 329 g/mol. The molecule has 124 valence electrons. The van der Waals surface area contributed by atoms with Gasteiger partial charge in [0.1, 0.15) is 0 Å². The number of aryl methyl sites for hydroxylation is 1. The van der Waals surface area contributed by atoms with E-state index in [4.69, 9.17) is 0 Å². The highest BCUT2D eigenvalue weighted by Crippen LogP contribution is 2.15. The van der Waals surface area contributed by atoms with E-state index in [1.807, 2.05) is 13.2 Å². The SMILES string of the molecule is CNC(=O)[C@@H]1CN(Cc2cnn(C)c2)CCN(S(C)(=O)=O)C1. The van der Waals surface area contributed by atoms with Gasteiger partial charge in [0.2, 0.25) is 15.9 Å². The number of nitrogens with one attached hydrogen (secondary N) is 1. The Morgan fingerprint density at radius 3 is 2.68 bits per heavy atom. The van der Waals surface area contributed by atoms with Crippen LogP contribution in [0.25, 0.3) is 0 Å². The fourth-order valence-electron chi connectivity index (χ4n) is 2.68. The molecule has 0 radical (unpaired) electrons. The van der Waals surface area contributed by atoms with E-state index in [0.717, 1.165) is 5.56 Å². The summed E-state index contributed by atoms with van der Waals surface area (Å²) in [6, 6.07) is 0. The van der Waals surface area contributed by atoms with E-state index in [-0.39, 0.29) is 18.4 Å². The van der Waals surface area contributed by atoms with Crippen LogP contribution in [0.2, 0.25) is 0 Å². The number of rotatable bonds is 4. The third-order valence-corrected chi connectivity index (χ3v) is 5.09. The second-order valence-corrected chi connectivity index (χ2v) is 7.67. The summed E-state index contributed by atoms with van der Waals surface area (Å²) in [5.41, 5.74) is 1.05. The van der Waals surface area contributed by atoms with Gasteiger partial charge in [-0.1, -0.05) is 0 Å². The third kappa shape index (κ3) is 4.28. The molecule has 0 bridgehead atoms. The van der Waals surface area contributed by atoms with Gasteiger partial charge in [-0.25, -0.2) is 12.7 Å². The molecule has 2 rings (SSSR count). The Bertz CT molecular complexity index is 627. The first kappa shape index (κ1) is 16.9. The first-order chi connectivity index (χ1) is 10.3. The van der Waals surface area contributed by atoms with Crippen LogP contribution in [0.15, 0.2) is 12.4 Å². The van der Waals surface area contributed by atoms with Crippen molar-refractivity contribution in [2.24, 2.45) is 13.0 Å². The Labute approximate surface area is 131 Å². The summed E-state index contributed by atoms with van der Waals surface area (Å²) in [5, 5.41) is 6.75. The molecule has 1 saturated heterocycles. The van der Waals surface area contributed by atoms with Crippen molar-refractivity contribution < 1.29 is 13.2 Å². The molecule has 0 aromatic carbocycles. The molecule has 2 heterocycles. The Kier molecular flexibility index (Phi) is 5.20. The van der Waals surface area contributed by atoms with Crippen LogP contribution in [0.5, 0.6) is 0 Å². The molecule has 22 heavy (non-hydrogen) atoms. The molecule has 1 aliphatic rings. The van der Waals surface area contributed by atoms with Crippen molar-refractivity contribution in [3.05, 3.63) is 18.0 Å². The number of aromatic nitrogens is 2. The quantitative estimate of drug-likeness (QED) is 0.754. The van der Waals surface area contributed by atoms with Crippen LogP contribution in [0.4, 0.5) is 0 Å². The van der Waals surface area contributed by atoms with Gasteiger partial charge in [-0.05, 0) is 0 Å². The minimum Gasteiger partial charge on any atom is -0.359 e. The lowest BCUT2D eigenvalue weighted by Gasteiger charge is -2.22. The number of nitrogens with zero attached hydrogens (tertiary/aromatic N) is 4. The smallest absolute Gasteiger partial charge is 0.225 e. The second-order valence-electron chi connectivity index (χ2n) is 5.69. The molecule has 9 heteroatoms. The normalized spacial score (nSPS) is 21.5. The van der Waals surface area contributed by atoms with E-state index in [1.165, 1.54) is 10.6 Å². The summed E-state index contributed by atoms with van der Waals surface area (Å²) >= 11 is 0. The maximum atomic E-state index is 12.0. The number of carbonyl (C=O) groups is 1. The number of amides is 1. The van der Waals surface area contributed by atoms with Crippen LogP contribution in [0, 0.1) is 5.92 Å². The van der Waals surface area contributed by atoms with E-state index in [0.29, 0.717) is 26.2 Å². The minimum atomic E-state index is -3.31. The van der Waals surface area contributed by atoms with E-state index >= 15 is 0 Å². The van der Waals surface area contributed by atoms with Crippen molar-refractivity contribution >= 4 is 15.9 Å². The van der Waals surface area contributed by atoms with Crippen LogP contribution >= 0.6 is 0 Å². The molecule has 1 aliphatic heterocycles. The highest BCUT2D eigenvalue weighted by atomic mass is 32.2. The first-order valence-corrected chi connectivity index (χ1v) is 9.01. The number of sulfonamides is 1. The van der Waals surface area contributed by atoms with E-state index in [2.05, 4.69) is 15.3 Å². The molecule has 1 amide bonds. The topological polar surface area (TPSA) is 87.5 Å². The van der Waals surface area contributed by atoms with Gasteiger partial charge in [-0.15, -0.1) is 0 Å². The summed E-state index contributed by atoms with van der Waals surface area (Å²) in [5.74, 6) is -0.509. The lowest BCUT2D eigenvalue weighted by atomic mass is 10.1. The Morgan fingerprint density at radius 2 is 2.14 bits per heavy atom. The average molecular weight is 329 g/mol. The molecule has 8 nitrogen and oxygen atoms in total. The van der Waals surface area contributed by atoms with Crippen LogP contribution in [0.3, 0.4) is 0 Å². The summed E-state index contributed by atoms with van der Waals surface area (Å²) in [6.45, 7) is 2.39. The van der Waals surface area contributed by atoms with Crippen LogP contribution in [0.1, 0.15) is 5.56 Å². The molecule has 0 saturated carbocycles. The summed E-state index contributed by atoms with van der Waals surface area (Å²) in [6.07, 6.45) is 4.90. The molecular weight excluding hydrogens is 306 g/mol. The highest BCUT2D eigenvalue weighted by molar-refractivity contribution is 7.88. The molecule has 1 aromatic rings. The van der Waals surface area contributed by atoms with Crippen molar-refractivity contribution in [1.29, 1.82) is 0 Å². The molecule has 1 atom stereocenters. The standard InChI is InChI=1S/C13H23N5O3S/c1-14-13(19)12-9-17(8-11-6-15-16(2)7-11)4-5-18(10-12)22(3,20)21/h6-7,12H,4-5,8-10H2,1-3H3,(H,14,19)/t12-/m1/s1. The number of hydrogen-bond acceptors (Lipinski definition) is 5. The molecule has 1 aromatic heterocycles. The minimum absolute atomic E-state index is 0.133. The summed E-state index contributed by atoms with van der Waals surface area (Å²) in [7, 11) is 0.119. The first-order valence-electron chi connectivity index (χ1n) is 7.16. The zero-order valence-electron chi connectivity index (χ0n) is 13.2. The Morgan fingerprint density at radius 1 is 1.41 bits per heavy atom. The summed E-state index contributed by atoms with van der Waals surface area (Å²) in [4.78, 5) is 14.1. The van der Waals surface area contributed by atoms with E-state index in [1.54, 1.807) is 17.9 Å². The molecule has 1 N–H and O–H groups in total. The zero-order chi connectivity index (χ0) is 16.3. The van der Waals surface area contributed by atoms with Gasteiger partial charge in [0, 0.05) is 58.6 Å². The van der Waals surface area contributed by atoms with Crippen LogP contribution in [-0.4, -0.2) is 72.8 Å². The predicted octanol–water partition coefficient (Wildman–Crippen LogP) is -1.14. The number of carbonyl (C=O) groups excluding carboxylic acids is 1. The maximum absolute atomic E-state index is 12.0. The van der Waals surface area contributed by atoms with Gasteiger partial charge in [0.25, 0.3) is 0 Å². The fourth-order valence-corrected chi connectivity index (χ4v) is 3.54. The lowest BCUT2D eigenvalue weighted by molar-refractivity contribution is -0.125. The van der Waals surface area contributed by atoms with Gasteiger partial charge in [-0.3, -0.25) is 14.4 Å². The van der Waals surface area contributed by atoms with Gasteiger partial charge in [0.15, 0.2) is 0 Å². The largest absolute Gasteiger partial charge is 0.359 e.